The Labute approximate surface area is 119 Å². The number of carbonyl (C=O) groups is 1. The largest absolute Gasteiger partial charge is 0.497 e. The number of benzene rings is 1. The predicted octanol–water partition coefficient (Wildman–Crippen LogP) is 1.27. The Bertz CT molecular complexity index is 556. The molecule has 0 N–H and O–H groups in total. The molecule has 0 spiro atoms. The Hall–Kier alpha value is -1.60. The van der Waals surface area contributed by atoms with Crippen molar-refractivity contribution < 1.29 is 22.7 Å². The van der Waals surface area contributed by atoms with Crippen LogP contribution in [0.15, 0.2) is 29.2 Å². The molecule has 1 aromatic carbocycles. The molecule has 0 atom stereocenters. The molecule has 0 aromatic heterocycles. The van der Waals surface area contributed by atoms with Crippen LogP contribution in [0, 0.1) is 0 Å². The number of hydrogen-bond acceptors (Lipinski definition) is 5. The highest BCUT2D eigenvalue weighted by Crippen LogP contribution is 2.20. The van der Waals surface area contributed by atoms with Gasteiger partial charge in [-0.15, -0.1) is 0 Å². The number of hydrogen-bond donors (Lipinski definition) is 0. The maximum Gasteiger partial charge on any atom is 0.306 e. The molecule has 1 rings (SSSR count). The second-order valence-corrected chi connectivity index (χ2v) is 5.94. The standard InChI is InChI=1S/C13H19NO5S/c1-4-14(9-8-13(15)19-3)20(16,17)12-7-5-6-11(10-12)18-2/h5-7,10H,4,8-9H2,1-3H3. The lowest BCUT2D eigenvalue weighted by atomic mass is 10.3. The molecule has 20 heavy (non-hydrogen) atoms. The normalized spacial score (nSPS) is 11.4. The van der Waals surface area contributed by atoms with Crippen LogP contribution in [0.1, 0.15) is 13.3 Å². The number of carbonyl (C=O) groups excluding carboxylic acids is 1. The maximum absolute atomic E-state index is 12.5. The summed E-state index contributed by atoms with van der Waals surface area (Å²) >= 11 is 0. The lowest BCUT2D eigenvalue weighted by molar-refractivity contribution is -0.140. The molecule has 0 unspecified atom stereocenters. The number of rotatable bonds is 7. The average Bonchev–Trinajstić information content (AvgIpc) is 2.47. The van der Waals surface area contributed by atoms with Gasteiger partial charge in [0.15, 0.2) is 0 Å². The summed E-state index contributed by atoms with van der Waals surface area (Å²) < 4.78 is 35.7. The molecule has 0 aliphatic carbocycles. The lowest BCUT2D eigenvalue weighted by Crippen LogP contribution is -2.33. The van der Waals surface area contributed by atoms with Gasteiger partial charge in [0.1, 0.15) is 5.75 Å². The molecule has 0 aliphatic rings. The van der Waals surface area contributed by atoms with Gasteiger partial charge in [0.25, 0.3) is 0 Å². The van der Waals surface area contributed by atoms with E-state index in [0.29, 0.717) is 5.75 Å². The summed E-state index contributed by atoms with van der Waals surface area (Å²) in [4.78, 5) is 11.3. The van der Waals surface area contributed by atoms with E-state index < -0.39 is 16.0 Å². The van der Waals surface area contributed by atoms with Gasteiger partial charge in [-0.1, -0.05) is 13.0 Å². The van der Waals surface area contributed by atoms with Crippen molar-refractivity contribution in [1.82, 2.24) is 4.31 Å². The second kappa shape index (κ2) is 7.25. The van der Waals surface area contributed by atoms with Crippen LogP contribution in [0.5, 0.6) is 5.75 Å². The predicted molar refractivity (Wildman–Crippen MR) is 74.1 cm³/mol. The van der Waals surface area contributed by atoms with E-state index in [1.807, 2.05) is 0 Å². The van der Waals surface area contributed by atoms with E-state index in [0.717, 1.165) is 0 Å². The van der Waals surface area contributed by atoms with Crippen molar-refractivity contribution in [3.63, 3.8) is 0 Å². The molecule has 0 saturated heterocycles. The zero-order valence-electron chi connectivity index (χ0n) is 11.8. The van der Waals surface area contributed by atoms with E-state index in [4.69, 9.17) is 4.74 Å². The van der Waals surface area contributed by atoms with E-state index in [2.05, 4.69) is 4.74 Å². The molecule has 6 nitrogen and oxygen atoms in total. The summed E-state index contributed by atoms with van der Waals surface area (Å²) in [5, 5.41) is 0. The fourth-order valence-electron chi connectivity index (χ4n) is 1.68. The Morgan fingerprint density at radius 1 is 1.30 bits per heavy atom. The molecular weight excluding hydrogens is 282 g/mol. The molecule has 0 radical (unpaired) electrons. The highest BCUT2D eigenvalue weighted by molar-refractivity contribution is 7.89. The SMILES string of the molecule is CCN(CCC(=O)OC)S(=O)(=O)c1cccc(OC)c1. The number of nitrogens with zero attached hydrogens (tertiary/aromatic N) is 1. The Balaban J connectivity index is 2.96. The van der Waals surface area contributed by atoms with Crippen LogP contribution in [0.4, 0.5) is 0 Å². The van der Waals surface area contributed by atoms with Crippen molar-refractivity contribution in [3.05, 3.63) is 24.3 Å². The van der Waals surface area contributed by atoms with Gasteiger partial charge in [0.05, 0.1) is 25.5 Å². The Morgan fingerprint density at radius 3 is 2.55 bits per heavy atom. The van der Waals surface area contributed by atoms with Gasteiger partial charge < -0.3 is 9.47 Å². The number of sulfonamides is 1. The summed E-state index contributed by atoms with van der Waals surface area (Å²) in [7, 11) is -0.896. The summed E-state index contributed by atoms with van der Waals surface area (Å²) in [5.74, 6) is 0.0272. The van der Waals surface area contributed by atoms with Crippen LogP contribution < -0.4 is 4.74 Å². The first-order valence-corrected chi connectivity index (χ1v) is 7.60. The van der Waals surface area contributed by atoms with Crippen LogP contribution >= 0.6 is 0 Å². The summed E-state index contributed by atoms with van der Waals surface area (Å²) in [6.07, 6.45) is 0.0214. The fourth-order valence-corrected chi connectivity index (χ4v) is 3.16. The van der Waals surface area contributed by atoms with Crippen LogP contribution in [0.25, 0.3) is 0 Å². The van der Waals surface area contributed by atoms with Crippen LogP contribution in [0.3, 0.4) is 0 Å². The van der Waals surface area contributed by atoms with E-state index in [1.54, 1.807) is 19.1 Å². The minimum absolute atomic E-state index is 0.0214. The van der Waals surface area contributed by atoms with Gasteiger partial charge in [0.2, 0.25) is 10.0 Å². The fraction of sp³-hybridized carbons (Fsp3) is 0.462. The van der Waals surface area contributed by atoms with Gasteiger partial charge in [-0.3, -0.25) is 4.79 Å². The van der Waals surface area contributed by atoms with Crippen molar-refractivity contribution in [2.75, 3.05) is 27.3 Å². The zero-order chi connectivity index (χ0) is 15.2. The molecule has 0 saturated carbocycles. The third kappa shape index (κ3) is 3.94. The molecule has 1 aromatic rings. The van der Waals surface area contributed by atoms with E-state index in [9.17, 15) is 13.2 Å². The number of ether oxygens (including phenoxy) is 2. The number of esters is 1. The topological polar surface area (TPSA) is 72.9 Å². The van der Waals surface area contributed by atoms with Gasteiger partial charge in [-0.2, -0.15) is 4.31 Å². The first kappa shape index (κ1) is 16.5. The van der Waals surface area contributed by atoms with Crippen molar-refractivity contribution in [2.24, 2.45) is 0 Å². The molecule has 7 heteroatoms. The van der Waals surface area contributed by atoms with E-state index in [1.165, 1.54) is 30.7 Å². The summed E-state index contributed by atoms with van der Waals surface area (Å²) in [6.45, 7) is 2.08. The average molecular weight is 301 g/mol. The van der Waals surface area contributed by atoms with Crippen LogP contribution in [0.2, 0.25) is 0 Å². The first-order valence-electron chi connectivity index (χ1n) is 6.16. The second-order valence-electron chi connectivity index (χ2n) is 4.00. The Kier molecular flexibility index (Phi) is 5.97. The molecule has 0 bridgehead atoms. The highest BCUT2D eigenvalue weighted by Gasteiger charge is 2.24. The lowest BCUT2D eigenvalue weighted by Gasteiger charge is -2.20. The summed E-state index contributed by atoms with van der Waals surface area (Å²) in [5.41, 5.74) is 0. The zero-order valence-corrected chi connectivity index (χ0v) is 12.6. The summed E-state index contributed by atoms with van der Waals surface area (Å²) in [6, 6.07) is 6.23. The van der Waals surface area contributed by atoms with E-state index >= 15 is 0 Å². The number of methoxy groups -OCH3 is 2. The van der Waals surface area contributed by atoms with Crippen LogP contribution in [-0.2, 0) is 19.6 Å². The van der Waals surface area contributed by atoms with Gasteiger partial charge in [-0.05, 0) is 12.1 Å². The molecule has 112 valence electrons. The molecule has 0 fully saturated rings. The first-order chi connectivity index (χ1) is 9.45. The molecule has 0 heterocycles. The quantitative estimate of drug-likeness (QED) is 0.709. The van der Waals surface area contributed by atoms with Gasteiger partial charge in [-0.25, -0.2) is 8.42 Å². The monoisotopic (exact) mass is 301 g/mol. The maximum atomic E-state index is 12.5. The molecule has 0 amide bonds. The van der Waals surface area contributed by atoms with Crippen LogP contribution in [-0.4, -0.2) is 46.0 Å². The van der Waals surface area contributed by atoms with Gasteiger partial charge in [0, 0.05) is 19.2 Å². The highest BCUT2D eigenvalue weighted by atomic mass is 32.2. The van der Waals surface area contributed by atoms with E-state index in [-0.39, 0.29) is 24.4 Å². The van der Waals surface area contributed by atoms with Crippen molar-refractivity contribution in [2.45, 2.75) is 18.2 Å². The molecule has 0 aliphatic heterocycles. The smallest absolute Gasteiger partial charge is 0.306 e. The minimum atomic E-state index is -3.64. The minimum Gasteiger partial charge on any atom is -0.497 e. The van der Waals surface area contributed by atoms with Gasteiger partial charge >= 0.3 is 5.97 Å². The third-order valence-corrected chi connectivity index (χ3v) is 4.79. The third-order valence-electron chi connectivity index (χ3n) is 2.82. The van der Waals surface area contributed by atoms with Crippen molar-refractivity contribution >= 4 is 16.0 Å². The molecular formula is C13H19NO5S. The van der Waals surface area contributed by atoms with Crippen molar-refractivity contribution in [3.8, 4) is 5.75 Å². The Morgan fingerprint density at radius 2 is 2.00 bits per heavy atom. The van der Waals surface area contributed by atoms with Crippen molar-refractivity contribution in [1.29, 1.82) is 0 Å².